The fourth-order valence-corrected chi connectivity index (χ4v) is 2.94. The molecule has 5 heteroatoms. The Morgan fingerprint density at radius 2 is 2.00 bits per heavy atom. The third-order valence-corrected chi connectivity index (χ3v) is 4.23. The average Bonchev–Trinajstić information content (AvgIpc) is 2.44. The molecule has 1 atom stereocenters. The number of likely N-dealkylation sites (tertiary alicyclic amines) is 1. The van der Waals surface area contributed by atoms with E-state index in [0.29, 0.717) is 0 Å². The first-order valence-corrected chi connectivity index (χ1v) is 8.13. The maximum atomic E-state index is 11.8. The summed E-state index contributed by atoms with van der Waals surface area (Å²) in [6, 6.07) is 0.0863. The number of nitrogens with zero attached hydrogens (tertiary/aromatic N) is 2. The number of ether oxygens (including phenoxy) is 1. The zero-order valence-electron chi connectivity index (χ0n) is 14.4. The molecule has 0 aliphatic carbocycles. The second kappa shape index (κ2) is 9.38. The summed E-state index contributed by atoms with van der Waals surface area (Å²) in [6.07, 6.45) is 3.37. The minimum absolute atomic E-state index is 0.156. The molecule has 124 valence electrons. The number of hydrogen-bond donors (Lipinski definition) is 1. The van der Waals surface area contributed by atoms with E-state index >= 15 is 0 Å². The van der Waals surface area contributed by atoms with Crippen LogP contribution in [0, 0.1) is 5.92 Å². The van der Waals surface area contributed by atoms with E-state index in [2.05, 4.69) is 43.1 Å². The van der Waals surface area contributed by atoms with Gasteiger partial charge < -0.3 is 19.9 Å². The molecular formula is C16H33N3O2. The van der Waals surface area contributed by atoms with Crippen molar-refractivity contribution in [2.24, 2.45) is 5.92 Å². The van der Waals surface area contributed by atoms with Crippen molar-refractivity contribution >= 4 is 5.97 Å². The van der Waals surface area contributed by atoms with E-state index < -0.39 is 0 Å². The topological polar surface area (TPSA) is 44.8 Å². The number of rotatable bonds is 8. The van der Waals surface area contributed by atoms with Crippen LogP contribution in [0.15, 0.2) is 0 Å². The summed E-state index contributed by atoms with van der Waals surface area (Å²) in [7, 11) is 5.81. The first-order valence-electron chi connectivity index (χ1n) is 8.13. The Morgan fingerprint density at radius 1 is 1.38 bits per heavy atom. The van der Waals surface area contributed by atoms with Gasteiger partial charge >= 0.3 is 5.97 Å². The van der Waals surface area contributed by atoms with Gasteiger partial charge in [-0.1, -0.05) is 13.8 Å². The highest BCUT2D eigenvalue weighted by molar-refractivity contribution is 5.75. The minimum Gasteiger partial charge on any atom is -0.468 e. The van der Waals surface area contributed by atoms with Crippen molar-refractivity contribution in [3.05, 3.63) is 0 Å². The number of nitrogens with one attached hydrogen (secondary N) is 1. The lowest BCUT2D eigenvalue weighted by molar-refractivity contribution is -0.143. The van der Waals surface area contributed by atoms with Gasteiger partial charge in [-0.2, -0.15) is 0 Å². The molecule has 5 nitrogen and oxygen atoms in total. The van der Waals surface area contributed by atoms with Crippen molar-refractivity contribution in [1.29, 1.82) is 0 Å². The Kier molecular flexibility index (Phi) is 8.22. The van der Waals surface area contributed by atoms with E-state index in [1.807, 2.05) is 0 Å². The lowest BCUT2D eigenvalue weighted by Crippen LogP contribution is -2.44. The smallest absolute Gasteiger partial charge is 0.322 e. The Labute approximate surface area is 130 Å². The van der Waals surface area contributed by atoms with E-state index in [4.69, 9.17) is 4.74 Å². The molecule has 0 spiro atoms. The van der Waals surface area contributed by atoms with E-state index in [-0.39, 0.29) is 18.1 Å². The van der Waals surface area contributed by atoms with Gasteiger partial charge in [0.25, 0.3) is 0 Å². The molecule has 0 aromatic rings. The van der Waals surface area contributed by atoms with Gasteiger partial charge in [-0.15, -0.1) is 0 Å². The fraction of sp³-hybridized carbons (Fsp3) is 0.938. The molecule has 1 saturated heterocycles. The third-order valence-electron chi connectivity index (χ3n) is 4.23. The van der Waals surface area contributed by atoms with E-state index in [0.717, 1.165) is 25.4 Å². The summed E-state index contributed by atoms with van der Waals surface area (Å²) in [5.41, 5.74) is 0. The highest BCUT2D eigenvalue weighted by Gasteiger charge is 2.22. The van der Waals surface area contributed by atoms with Gasteiger partial charge in [-0.3, -0.25) is 4.79 Å². The third kappa shape index (κ3) is 7.25. The summed E-state index contributed by atoms with van der Waals surface area (Å²) >= 11 is 0. The second-order valence-electron chi connectivity index (χ2n) is 6.69. The Balaban J connectivity index is 2.31. The summed E-state index contributed by atoms with van der Waals surface area (Å²) in [5, 5.41) is 3.29. The standard InChI is InChI=1S/C16H33N3O2/c1-13(2)17-15(16(20)21-5)8-11-19(4)12-14-6-9-18(3)10-7-14/h13-15,17H,6-12H2,1-5H3. The maximum Gasteiger partial charge on any atom is 0.322 e. The first kappa shape index (κ1) is 18.4. The SMILES string of the molecule is COC(=O)C(CCN(C)CC1CCN(C)CC1)NC(C)C. The van der Waals surface area contributed by atoms with Crippen LogP contribution in [0.1, 0.15) is 33.1 Å². The van der Waals surface area contributed by atoms with Crippen molar-refractivity contribution in [1.82, 2.24) is 15.1 Å². The van der Waals surface area contributed by atoms with Crippen molar-refractivity contribution in [3.63, 3.8) is 0 Å². The molecule has 1 N–H and O–H groups in total. The molecule has 0 bridgehead atoms. The Morgan fingerprint density at radius 3 is 2.52 bits per heavy atom. The number of carbonyl (C=O) groups excluding carboxylic acids is 1. The maximum absolute atomic E-state index is 11.8. The van der Waals surface area contributed by atoms with Crippen molar-refractivity contribution < 1.29 is 9.53 Å². The molecule has 1 fully saturated rings. The van der Waals surface area contributed by atoms with Gasteiger partial charge in [-0.25, -0.2) is 0 Å². The lowest BCUT2D eigenvalue weighted by Gasteiger charge is -2.32. The van der Waals surface area contributed by atoms with Gasteiger partial charge in [0, 0.05) is 12.6 Å². The number of esters is 1. The van der Waals surface area contributed by atoms with Gasteiger partial charge in [0.1, 0.15) is 6.04 Å². The largest absolute Gasteiger partial charge is 0.468 e. The van der Waals surface area contributed by atoms with Crippen LogP contribution < -0.4 is 5.32 Å². The monoisotopic (exact) mass is 299 g/mol. The van der Waals surface area contributed by atoms with Gasteiger partial charge in [0.05, 0.1) is 7.11 Å². The molecular weight excluding hydrogens is 266 g/mol. The summed E-state index contributed by atoms with van der Waals surface area (Å²) in [5.74, 6) is 0.636. The van der Waals surface area contributed by atoms with Crippen LogP contribution in [-0.4, -0.2) is 75.2 Å². The lowest BCUT2D eigenvalue weighted by atomic mass is 9.96. The zero-order valence-corrected chi connectivity index (χ0v) is 14.4. The highest BCUT2D eigenvalue weighted by atomic mass is 16.5. The van der Waals surface area contributed by atoms with Crippen LogP contribution in [-0.2, 0) is 9.53 Å². The summed E-state index contributed by atoms with van der Waals surface area (Å²) in [4.78, 5) is 16.5. The van der Waals surface area contributed by atoms with Crippen molar-refractivity contribution in [3.8, 4) is 0 Å². The molecule has 1 unspecified atom stereocenters. The Bertz CT molecular complexity index is 302. The van der Waals surface area contributed by atoms with Crippen LogP contribution in [0.4, 0.5) is 0 Å². The minimum atomic E-state index is -0.199. The molecule has 0 radical (unpaired) electrons. The van der Waals surface area contributed by atoms with Crippen LogP contribution >= 0.6 is 0 Å². The first-order chi connectivity index (χ1) is 9.92. The number of methoxy groups -OCH3 is 1. The van der Waals surface area contributed by atoms with E-state index in [1.165, 1.54) is 33.0 Å². The molecule has 21 heavy (non-hydrogen) atoms. The van der Waals surface area contributed by atoms with Crippen molar-refractivity contribution in [2.45, 2.75) is 45.2 Å². The summed E-state index contributed by atoms with van der Waals surface area (Å²) < 4.78 is 4.88. The number of carbonyl (C=O) groups is 1. The molecule has 1 aliphatic heterocycles. The average molecular weight is 299 g/mol. The normalized spacial score (nSPS) is 19.2. The molecule has 0 amide bonds. The summed E-state index contributed by atoms with van der Waals surface area (Å²) in [6.45, 7) is 8.57. The molecule has 1 aliphatic rings. The molecule has 0 aromatic carbocycles. The van der Waals surface area contributed by atoms with Crippen LogP contribution in [0.5, 0.6) is 0 Å². The fourth-order valence-electron chi connectivity index (χ4n) is 2.94. The molecule has 1 heterocycles. The Hall–Kier alpha value is -0.650. The molecule has 0 saturated carbocycles. The van der Waals surface area contributed by atoms with Gasteiger partial charge in [-0.05, 0) is 58.9 Å². The predicted molar refractivity (Wildman–Crippen MR) is 86.4 cm³/mol. The van der Waals surface area contributed by atoms with Crippen LogP contribution in [0.2, 0.25) is 0 Å². The second-order valence-corrected chi connectivity index (χ2v) is 6.69. The van der Waals surface area contributed by atoms with Crippen molar-refractivity contribution in [2.75, 3.05) is 47.4 Å². The van der Waals surface area contributed by atoms with Gasteiger partial charge in [0.2, 0.25) is 0 Å². The van der Waals surface area contributed by atoms with Crippen LogP contribution in [0.3, 0.4) is 0 Å². The molecule has 0 aromatic heterocycles. The van der Waals surface area contributed by atoms with E-state index in [9.17, 15) is 4.79 Å². The zero-order chi connectivity index (χ0) is 15.8. The number of hydrogen-bond acceptors (Lipinski definition) is 5. The van der Waals surface area contributed by atoms with E-state index in [1.54, 1.807) is 0 Å². The van der Waals surface area contributed by atoms with Gasteiger partial charge in [0.15, 0.2) is 0 Å². The number of piperidine rings is 1. The highest BCUT2D eigenvalue weighted by Crippen LogP contribution is 2.17. The predicted octanol–water partition coefficient (Wildman–Crippen LogP) is 1.19. The van der Waals surface area contributed by atoms with Crippen LogP contribution in [0.25, 0.3) is 0 Å². The molecule has 1 rings (SSSR count). The quantitative estimate of drug-likeness (QED) is 0.682.